The fraction of sp³-hybridized carbons (Fsp3) is 0.667. The van der Waals surface area contributed by atoms with Crippen molar-refractivity contribution in [1.82, 2.24) is 5.32 Å². The van der Waals surface area contributed by atoms with Crippen LogP contribution in [0.15, 0.2) is 0 Å². The van der Waals surface area contributed by atoms with Gasteiger partial charge in [0.2, 0.25) is 0 Å². The van der Waals surface area contributed by atoms with E-state index >= 15 is 0 Å². The van der Waals surface area contributed by atoms with Gasteiger partial charge >= 0.3 is 5.97 Å². The first-order valence-corrected chi connectivity index (χ1v) is 4.27. The molecule has 1 saturated heterocycles. The molecule has 0 saturated carbocycles. The maximum atomic E-state index is 10.7. The summed E-state index contributed by atoms with van der Waals surface area (Å²) in [6.45, 7) is 1.45. The van der Waals surface area contributed by atoms with Gasteiger partial charge in [0.1, 0.15) is 11.4 Å². The third-order valence-electron chi connectivity index (χ3n) is 1.45. The molecule has 5 heteroatoms. The van der Waals surface area contributed by atoms with E-state index in [1.807, 2.05) is 0 Å². The largest absolute Gasteiger partial charge is 0.480 e. The summed E-state index contributed by atoms with van der Waals surface area (Å²) < 4.78 is 0. The Morgan fingerprint density at radius 1 is 1.64 bits per heavy atom. The van der Waals surface area contributed by atoms with E-state index in [1.165, 1.54) is 18.7 Å². The number of carboxylic acid groups (broad SMARTS) is 1. The summed E-state index contributed by atoms with van der Waals surface area (Å²) in [5, 5.41) is 10.9. The smallest absolute Gasteiger partial charge is 0.321 e. The SMILES string of the molecule is CC(=O)[C@H]1NC(C(=O)O)CS1. The van der Waals surface area contributed by atoms with Crippen molar-refractivity contribution in [3.63, 3.8) is 0 Å². The number of thioether (sulfide) groups is 1. The predicted molar refractivity (Wildman–Crippen MR) is 41.5 cm³/mol. The van der Waals surface area contributed by atoms with E-state index < -0.39 is 12.0 Å². The van der Waals surface area contributed by atoms with Crippen molar-refractivity contribution in [3.8, 4) is 0 Å². The van der Waals surface area contributed by atoms with Crippen molar-refractivity contribution in [2.24, 2.45) is 0 Å². The lowest BCUT2D eigenvalue weighted by Gasteiger charge is -2.05. The number of ketones is 1. The molecule has 0 amide bonds. The van der Waals surface area contributed by atoms with Crippen LogP contribution in [0.3, 0.4) is 0 Å². The van der Waals surface area contributed by atoms with Gasteiger partial charge in [0, 0.05) is 5.75 Å². The number of carbonyl (C=O) groups excluding carboxylic acids is 1. The minimum absolute atomic E-state index is 0.0150. The lowest BCUT2D eigenvalue weighted by Crippen LogP contribution is -2.39. The minimum atomic E-state index is -0.888. The van der Waals surface area contributed by atoms with Crippen molar-refractivity contribution in [2.75, 3.05) is 5.75 Å². The molecule has 1 fully saturated rings. The molecule has 0 radical (unpaired) electrons. The molecule has 0 spiro atoms. The van der Waals surface area contributed by atoms with Crippen molar-refractivity contribution in [1.29, 1.82) is 0 Å². The van der Waals surface area contributed by atoms with Gasteiger partial charge in [0.15, 0.2) is 5.78 Å². The van der Waals surface area contributed by atoms with Crippen LogP contribution in [0.25, 0.3) is 0 Å². The molecule has 1 unspecified atom stereocenters. The van der Waals surface area contributed by atoms with E-state index in [1.54, 1.807) is 0 Å². The van der Waals surface area contributed by atoms with Crippen molar-refractivity contribution in [2.45, 2.75) is 18.3 Å². The average molecular weight is 175 g/mol. The number of hydrogen-bond donors (Lipinski definition) is 2. The second-order valence-electron chi connectivity index (χ2n) is 2.38. The Hall–Kier alpha value is -0.550. The Morgan fingerprint density at radius 2 is 2.27 bits per heavy atom. The number of nitrogens with one attached hydrogen (secondary N) is 1. The van der Waals surface area contributed by atoms with E-state index in [0.29, 0.717) is 5.75 Å². The van der Waals surface area contributed by atoms with Crippen molar-refractivity contribution < 1.29 is 14.7 Å². The molecule has 2 atom stereocenters. The van der Waals surface area contributed by atoms with E-state index in [4.69, 9.17) is 5.11 Å². The second kappa shape index (κ2) is 3.23. The molecule has 2 N–H and O–H groups in total. The van der Waals surface area contributed by atoms with Crippen LogP contribution in [-0.4, -0.2) is 34.0 Å². The normalized spacial score (nSPS) is 30.3. The van der Waals surface area contributed by atoms with Crippen LogP contribution in [0, 0.1) is 0 Å². The summed E-state index contributed by atoms with van der Waals surface area (Å²) in [5.74, 6) is -0.431. The van der Waals surface area contributed by atoms with E-state index in [0.717, 1.165) is 0 Å². The maximum absolute atomic E-state index is 10.7. The highest BCUT2D eigenvalue weighted by atomic mass is 32.2. The first-order chi connectivity index (χ1) is 5.11. The van der Waals surface area contributed by atoms with Crippen molar-refractivity contribution in [3.05, 3.63) is 0 Å². The molecule has 0 aliphatic carbocycles. The van der Waals surface area contributed by atoms with E-state index in [9.17, 15) is 9.59 Å². The fourth-order valence-electron chi connectivity index (χ4n) is 0.849. The molecule has 0 aromatic rings. The maximum Gasteiger partial charge on any atom is 0.321 e. The van der Waals surface area contributed by atoms with Gasteiger partial charge in [-0.1, -0.05) is 0 Å². The number of Topliss-reactive ketones (excluding diaryl/α,β-unsaturated/α-hetero) is 1. The highest BCUT2D eigenvalue weighted by Crippen LogP contribution is 2.18. The van der Waals surface area contributed by atoms with Gasteiger partial charge in [-0.3, -0.25) is 14.9 Å². The van der Waals surface area contributed by atoms with E-state index in [-0.39, 0.29) is 11.2 Å². The molecule has 1 rings (SSSR count). The Bertz CT molecular complexity index is 174. The van der Waals surface area contributed by atoms with Crippen LogP contribution < -0.4 is 5.32 Å². The quantitative estimate of drug-likeness (QED) is 0.602. The van der Waals surface area contributed by atoms with Gasteiger partial charge in [-0.05, 0) is 6.92 Å². The van der Waals surface area contributed by atoms with Gasteiger partial charge in [-0.15, -0.1) is 11.8 Å². The molecule has 62 valence electrons. The summed E-state index contributed by atoms with van der Waals surface area (Å²) in [4.78, 5) is 21.1. The van der Waals surface area contributed by atoms with Crippen LogP contribution in [0.4, 0.5) is 0 Å². The zero-order valence-corrected chi connectivity index (χ0v) is 6.85. The standard InChI is InChI=1S/C6H9NO3S/c1-3(8)5-7-4(2-11-5)6(9)10/h4-5,7H,2H2,1H3,(H,9,10)/t4?,5-/m0/s1. The van der Waals surface area contributed by atoms with E-state index in [2.05, 4.69) is 5.32 Å². The summed E-state index contributed by atoms with van der Waals surface area (Å²) in [5.41, 5.74) is 0. The third kappa shape index (κ3) is 1.94. The summed E-state index contributed by atoms with van der Waals surface area (Å²) in [7, 11) is 0. The molecule has 0 bridgehead atoms. The number of rotatable bonds is 2. The summed E-state index contributed by atoms with van der Waals surface area (Å²) in [6, 6.07) is -0.561. The fourth-order valence-corrected chi connectivity index (χ4v) is 1.97. The summed E-state index contributed by atoms with van der Waals surface area (Å²) >= 11 is 1.35. The topological polar surface area (TPSA) is 66.4 Å². The molecule has 1 aliphatic rings. The van der Waals surface area contributed by atoms with Crippen LogP contribution in [0.1, 0.15) is 6.92 Å². The van der Waals surface area contributed by atoms with Crippen molar-refractivity contribution >= 4 is 23.5 Å². The van der Waals surface area contributed by atoms with Gasteiger partial charge in [0.05, 0.1) is 0 Å². The number of carbonyl (C=O) groups is 2. The monoisotopic (exact) mass is 175 g/mol. The number of aliphatic carboxylic acids is 1. The lowest BCUT2D eigenvalue weighted by molar-refractivity contribution is -0.138. The van der Waals surface area contributed by atoms with Gasteiger partial charge in [0.25, 0.3) is 0 Å². The molecule has 0 aromatic heterocycles. The first-order valence-electron chi connectivity index (χ1n) is 3.22. The Balaban J connectivity index is 2.47. The van der Waals surface area contributed by atoms with Gasteiger partial charge in [-0.25, -0.2) is 0 Å². The van der Waals surface area contributed by atoms with Crippen LogP contribution in [0.5, 0.6) is 0 Å². The van der Waals surface area contributed by atoms with Gasteiger partial charge < -0.3 is 5.11 Å². The average Bonchev–Trinajstić information content (AvgIpc) is 2.33. The van der Waals surface area contributed by atoms with Gasteiger partial charge in [-0.2, -0.15) is 0 Å². The Kier molecular flexibility index (Phi) is 2.51. The second-order valence-corrected chi connectivity index (χ2v) is 3.52. The number of carboxylic acids is 1. The molecular formula is C6H9NO3S. The lowest BCUT2D eigenvalue weighted by atomic mass is 10.3. The van der Waals surface area contributed by atoms with Crippen LogP contribution >= 0.6 is 11.8 Å². The predicted octanol–water partition coefficient (Wildman–Crippen LogP) is -0.309. The highest BCUT2D eigenvalue weighted by molar-refractivity contribution is 8.00. The molecular weight excluding hydrogens is 166 g/mol. The first kappa shape index (κ1) is 8.55. The number of hydrogen-bond acceptors (Lipinski definition) is 4. The zero-order chi connectivity index (χ0) is 8.43. The molecule has 0 aromatic carbocycles. The Labute approximate surface area is 68.3 Å². The minimum Gasteiger partial charge on any atom is -0.480 e. The summed E-state index contributed by atoms with van der Waals surface area (Å²) in [6.07, 6.45) is 0. The Morgan fingerprint density at radius 3 is 2.55 bits per heavy atom. The third-order valence-corrected chi connectivity index (χ3v) is 2.78. The molecule has 4 nitrogen and oxygen atoms in total. The molecule has 1 heterocycles. The van der Waals surface area contributed by atoms with Crippen LogP contribution in [-0.2, 0) is 9.59 Å². The molecule has 11 heavy (non-hydrogen) atoms. The highest BCUT2D eigenvalue weighted by Gasteiger charge is 2.31. The van der Waals surface area contributed by atoms with Crippen LogP contribution in [0.2, 0.25) is 0 Å². The molecule has 1 aliphatic heterocycles. The zero-order valence-electron chi connectivity index (χ0n) is 6.03.